The maximum atomic E-state index is 12.7. The molecular weight excluding hydrogens is 463 g/mol. The highest BCUT2D eigenvalue weighted by Crippen LogP contribution is 2.22. The van der Waals surface area contributed by atoms with Crippen LogP contribution in [0.15, 0.2) is 57.0 Å². The molecule has 0 bridgehead atoms. The average molecular weight is 488 g/mol. The van der Waals surface area contributed by atoms with Gasteiger partial charge in [0.05, 0.1) is 12.2 Å². The topological polar surface area (TPSA) is 56.7 Å². The number of hydrogen-bond acceptors (Lipinski definition) is 4. The van der Waals surface area contributed by atoms with Gasteiger partial charge in [0.15, 0.2) is 0 Å². The average Bonchev–Trinajstić information content (AvgIpc) is 3.01. The quantitative estimate of drug-likeness (QED) is 0.285. The SMILES string of the molecule is C=C(C#Cc1cc(C(=O)NC2=C(I)N(C(C)C)NC2)ccc1C)C=N/C=C\C. The first kappa shape index (κ1) is 21.9. The van der Waals surface area contributed by atoms with Crippen LogP contribution < -0.4 is 10.7 Å². The van der Waals surface area contributed by atoms with Crippen LogP contribution in [0, 0.1) is 18.8 Å². The second-order valence-electron chi connectivity index (χ2n) is 6.59. The fourth-order valence-electron chi connectivity index (χ4n) is 2.46. The van der Waals surface area contributed by atoms with Crippen molar-refractivity contribution in [3.05, 3.63) is 68.7 Å². The van der Waals surface area contributed by atoms with Crippen molar-refractivity contribution in [3.63, 3.8) is 0 Å². The Hall–Kier alpha value is -2.37. The van der Waals surface area contributed by atoms with E-state index in [4.69, 9.17) is 0 Å². The number of aryl methyl sites for hydroxylation is 1. The van der Waals surface area contributed by atoms with E-state index < -0.39 is 0 Å². The Balaban J connectivity index is 2.17. The lowest BCUT2D eigenvalue weighted by Crippen LogP contribution is -2.36. The van der Waals surface area contributed by atoms with Crippen LogP contribution in [0.5, 0.6) is 0 Å². The van der Waals surface area contributed by atoms with E-state index >= 15 is 0 Å². The Morgan fingerprint density at radius 1 is 1.46 bits per heavy atom. The standard InChI is InChI=1S/C22H25IN4O/c1-6-11-24-13-16(4)7-9-18-12-19(10-8-17(18)5)22(28)26-20-14-25-27(15(2)3)21(20)23/h6,8,10-13,15,25H,4,14H2,1-3,5H3,(H,26,28)/b11-6-,24-13?. The molecule has 2 rings (SSSR count). The number of carbonyl (C=O) groups excluding carboxylic acids is 1. The van der Waals surface area contributed by atoms with Crippen LogP contribution >= 0.6 is 22.6 Å². The number of hydrogen-bond donors (Lipinski definition) is 2. The molecule has 1 aliphatic rings. The highest BCUT2D eigenvalue weighted by atomic mass is 127. The van der Waals surface area contributed by atoms with Gasteiger partial charge in [-0.1, -0.05) is 30.6 Å². The number of nitrogens with zero attached hydrogens (tertiary/aromatic N) is 2. The molecule has 1 aromatic carbocycles. The summed E-state index contributed by atoms with van der Waals surface area (Å²) in [4.78, 5) is 16.8. The molecule has 2 N–H and O–H groups in total. The van der Waals surface area contributed by atoms with Crippen LogP contribution in [0.4, 0.5) is 0 Å². The molecule has 0 radical (unpaired) electrons. The minimum Gasteiger partial charge on any atom is -0.322 e. The molecule has 0 aromatic heterocycles. The fraction of sp³-hybridized carbons (Fsp3) is 0.273. The van der Waals surface area contributed by atoms with Gasteiger partial charge in [0.25, 0.3) is 5.91 Å². The van der Waals surface area contributed by atoms with Gasteiger partial charge in [0.2, 0.25) is 0 Å². The molecule has 1 aromatic rings. The third-order valence-corrected chi connectivity index (χ3v) is 5.16. The zero-order valence-electron chi connectivity index (χ0n) is 16.6. The summed E-state index contributed by atoms with van der Waals surface area (Å²) in [7, 11) is 0. The molecule has 0 spiro atoms. The van der Waals surface area contributed by atoms with E-state index in [-0.39, 0.29) is 5.91 Å². The summed E-state index contributed by atoms with van der Waals surface area (Å²) in [5.41, 5.74) is 7.13. The van der Waals surface area contributed by atoms with Gasteiger partial charge in [-0.05, 0) is 68.0 Å². The normalized spacial score (nSPS) is 14.1. The summed E-state index contributed by atoms with van der Waals surface area (Å²) in [5, 5.41) is 5.05. The van der Waals surface area contributed by atoms with Crippen molar-refractivity contribution in [1.82, 2.24) is 15.8 Å². The molecule has 1 amide bonds. The maximum Gasteiger partial charge on any atom is 0.255 e. The van der Waals surface area contributed by atoms with E-state index in [9.17, 15) is 4.79 Å². The lowest BCUT2D eigenvalue weighted by molar-refractivity contribution is 0.0965. The zero-order chi connectivity index (χ0) is 20.7. The maximum absolute atomic E-state index is 12.7. The Kier molecular flexibility index (Phi) is 8.03. The minimum atomic E-state index is -0.145. The van der Waals surface area contributed by atoms with Crippen LogP contribution in [0.1, 0.15) is 42.3 Å². The monoisotopic (exact) mass is 488 g/mol. The third kappa shape index (κ3) is 5.81. The molecule has 0 fully saturated rings. The molecule has 0 saturated carbocycles. The predicted octanol–water partition coefficient (Wildman–Crippen LogP) is 4.07. The molecule has 0 saturated heterocycles. The molecule has 6 heteroatoms. The molecule has 5 nitrogen and oxygen atoms in total. The number of aliphatic imine (C=N–C) groups is 1. The molecule has 28 heavy (non-hydrogen) atoms. The van der Waals surface area contributed by atoms with Crippen LogP contribution in [-0.4, -0.2) is 29.7 Å². The first-order valence-electron chi connectivity index (χ1n) is 9.02. The number of amides is 1. The summed E-state index contributed by atoms with van der Waals surface area (Å²) in [6.45, 7) is 12.5. The summed E-state index contributed by atoms with van der Waals surface area (Å²) in [6, 6.07) is 5.84. The lowest BCUT2D eigenvalue weighted by atomic mass is 10.0. The van der Waals surface area contributed by atoms with E-state index in [1.807, 2.05) is 43.1 Å². The summed E-state index contributed by atoms with van der Waals surface area (Å²) in [6.07, 6.45) is 5.12. The summed E-state index contributed by atoms with van der Waals surface area (Å²) >= 11 is 2.25. The molecule has 1 aliphatic heterocycles. The molecule has 0 atom stereocenters. The Morgan fingerprint density at radius 3 is 2.86 bits per heavy atom. The lowest BCUT2D eigenvalue weighted by Gasteiger charge is -2.22. The van der Waals surface area contributed by atoms with E-state index in [2.05, 4.69) is 70.6 Å². The van der Waals surface area contributed by atoms with Gasteiger partial charge in [0.1, 0.15) is 3.70 Å². The second kappa shape index (κ2) is 10.2. The number of allylic oxidation sites excluding steroid dienone is 2. The number of rotatable bonds is 5. The van der Waals surface area contributed by atoms with E-state index in [0.717, 1.165) is 20.5 Å². The van der Waals surface area contributed by atoms with Crippen molar-refractivity contribution < 1.29 is 4.79 Å². The first-order chi connectivity index (χ1) is 13.3. The van der Waals surface area contributed by atoms with Gasteiger partial charge in [-0.3, -0.25) is 14.8 Å². The van der Waals surface area contributed by atoms with Gasteiger partial charge < -0.3 is 5.32 Å². The van der Waals surface area contributed by atoms with Crippen LogP contribution in [-0.2, 0) is 0 Å². The first-order valence-corrected chi connectivity index (χ1v) is 10.1. The molecule has 1 heterocycles. The van der Waals surface area contributed by atoms with Gasteiger partial charge in [-0.15, -0.1) is 0 Å². The van der Waals surface area contributed by atoms with Crippen LogP contribution in [0.2, 0.25) is 0 Å². The number of nitrogens with one attached hydrogen (secondary N) is 2. The highest BCUT2D eigenvalue weighted by molar-refractivity contribution is 14.1. The van der Waals surface area contributed by atoms with Crippen molar-refractivity contribution in [2.75, 3.05) is 6.54 Å². The molecule has 0 aliphatic carbocycles. The fourth-order valence-corrected chi connectivity index (χ4v) is 3.52. The second-order valence-corrected chi connectivity index (χ2v) is 7.61. The van der Waals surface area contributed by atoms with Gasteiger partial charge in [-0.25, -0.2) is 5.43 Å². The largest absolute Gasteiger partial charge is 0.322 e. The number of hydrazine groups is 1. The number of carbonyl (C=O) groups is 1. The van der Waals surface area contributed by atoms with Gasteiger partial charge in [-0.2, -0.15) is 0 Å². The molecule has 0 unspecified atom stereocenters. The van der Waals surface area contributed by atoms with Crippen molar-refractivity contribution in [3.8, 4) is 11.8 Å². The number of benzene rings is 1. The Morgan fingerprint density at radius 2 is 2.21 bits per heavy atom. The van der Waals surface area contributed by atoms with Crippen molar-refractivity contribution in [2.24, 2.45) is 4.99 Å². The van der Waals surface area contributed by atoms with Crippen molar-refractivity contribution in [2.45, 2.75) is 33.7 Å². The van der Waals surface area contributed by atoms with Crippen molar-refractivity contribution >= 4 is 34.7 Å². The van der Waals surface area contributed by atoms with Crippen LogP contribution in [0.25, 0.3) is 0 Å². The Labute approximate surface area is 180 Å². The van der Waals surface area contributed by atoms with Gasteiger partial charge in [0, 0.05) is 35.2 Å². The minimum absolute atomic E-state index is 0.145. The Bertz CT molecular complexity index is 916. The third-order valence-electron chi connectivity index (χ3n) is 3.99. The van der Waals surface area contributed by atoms with E-state index in [1.165, 1.54) is 0 Å². The van der Waals surface area contributed by atoms with Crippen LogP contribution in [0.3, 0.4) is 0 Å². The predicted molar refractivity (Wildman–Crippen MR) is 124 cm³/mol. The smallest absolute Gasteiger partial charge is 0.255 e. The highest BCUT2D eigenvalue weighted by Gasteiger charge is 2.23. The van der Waals surface area contributed by atoms with Gasteiger partial charge >= 0.3 is 0 Å². The summed E-state index contributed by atoms with van der Waals surface area (Å²) < 4.78 is 1.00. The molecular formula is C22H25IN4O. The number of halogens is 1. The van der Waals surface area contributed by atoms with E-state index in [1.54, 1.807) is 12.4 Å². The van der Waals surface area contributed by atoms with Crippen molar-refractivity contribution in [1.29, 1.82) is 0 Å². The van der Waals surface area contributed by atoms with E-state index in [0.29, 0.717) is 23.7 Å². The summed E-state index contributed by atoms with van der Waals surface area (Å²) in [5.74, 6) is 5.91. The molecule has 146 valence electrons. The zero-order valence-corrected chi connectivity index (χ0v) is 18.8.